The number of fused-ring (bicyclic) bond motifs is 1. The molecule has 1 aromatic rings. The molecule has 2 aliphatic rings. The largest absolute Gasteiger partial charge is 0.458 e. The fraction of sp³-hybridized carbons (Fsp3) is 0.588. The molecule has 1 saturated carbocycles. The lowest BCUT2D eigenvalue weighted by Crippen LogP contribution is -2.40. The van der Waals surface area contributed by atoms with Crippen LogP contribution in [0.25, 0.3) is 0 Å². The molecule has 2 fully saturated rings. The molecule has 1 saturated heterocycles. The molecule has 0 bridgehead atoms. The summed E-state index contributed by atoms with van der Waals surface area (Å²) in [6.07, 6.45) is -1.09. The normalized spacial score (nSPS) is 35.0. The third-order valence-electron chi connectivity index (χ3n) is 4.03. The van der Waals surface area contributed by atoms with E-state index in [1.54, 1.807) is 0 Å². The molecule has 126 valence electrons. The van der Waals surface area contributed by atoms with Crippen LogP contribution >= 0.6 is 22.6 Å². The van der Waals surface area contributed by atoms with Crippen LogP contribution in [0.2, 0.25) is 0 Å². The highest BCUT2D eigenvalue weighted by atomic mass is 127. The quantitative estimate of drug-likeness (QED) is 0.416. The average molecular weight is 432 g/mol. The van der Waals surface area contributed by atoms with Crippen LogP contribution in [0.4, 0.5) is 0 Å². The summed E-state index contributed by atoms with van der Waals surface area (Å²) in [5.41, 5.74) is 1.07. The standard InChI is InChI=1S/C17H21IO5/c1-10(19)21-13-12(18)14-16(23-17(2,3)22-14)15(13)20-9-11-7-5-4-6-8-11/h4-8,12-16H,9H2,1-3H3/t12-,13-,14+,15+,16+/m0/s1. The number of hydrogen-bond donors (Lipinski definition) is 0. The Labute approximate surface area is 149 Å². The van der Waals surface area contributed by atoms with E-state index in [-0.39, 0.29) is 34.3 Å². The molecule has 0 amide bonds. The summed E-state index contributed by atoms with van der Waals surface area (Å²) in [4.78, 5) is 11.4. The molecule has 1 aromatic carbocycles. The van der Waals surface area contributed by atoms with Crippen LogP contribution < -0.4 is 0 Å². The number of alkyl halides is 1. The number of rotatable bonds is 4. The van der Waals surface area contributed by atoms with Gasteiger partial charge in [0, 0.05) is 6.92 Å². The van der Waals surface area contributed by atoms with Crippen LogP contribution in [0.15, 0.2) is 30.3 Å². The number of ether oxygens (including phenoxy) is 4. The van der Waals surface area contributed by atoms with Crippen LogP contribution in [0.5, 0.6) is 0 Å². The molecule has 0 N–H and O–H groups in total. The molecule has 1 heterocycles. The van der Waals surface area contributed by atoms with Gasteiger partial charge in [-0.25, -0.2) is 0 Å². The number of hydrogen-bond acceptors (Lipinski definition) is 5. The molecule has 3 rings (SSSR count). The van der Waals surface area contributed by atoms with Gasteiger partial charge in [-0.2, -0.15) is 0 Å². The number of carbonyl (C=O) groups excluding carboxylic acids is 1. The topological polar surface area (TPSA) is 54.0 Å². The predicted octanol–water partition coefficient (Wildman–Crippen LogP) is 2.84. The van der Waals surface area contributed by atoms with Gasteiger partial charge in [-0.3, -0.25) is 4.79 Å². The van der Waals surface area contributed by atoms with Crippen molar-refractivity contribution in [2.75, 3.05) is 0 Å². The summed E-state index contributed by atoms with van der Waals surface area (Å²) in [5, 5.41) is 0. The zero-order chi connectivity index (χ0) is 16.6. The second kappa shape index (κ2) is 6.66. The van der Waals surface area contributed by atoms with E-state index in [1.165, 1.54) is 6.92 Å². The van der Waals surface area contributed by atoms with Gasteiger partial charge < -0.3 is 18.9 Å². The van der Waals surface area contributed by atoms with E-state index in [1.807, 2.05) is 44.2 Å². The first-order valence-corrected chi connectivity index (χ1v) is 8.94. The van der Waals surface area contributed by atoms with Gasteiger partial charge in [-0.05, 0) is 19.4 Å². The van der Waals surface area contributed by atoms with Crippen molar-refractivity contribution >= 4 is 28.6 Å². The molecule has 5 nitrogen and oxygen atoms in total. The maximum absolute atomic E-state index is 11.4. The smallest absolute Gasteiger partial charge is 0.303 e. The minimum Gasteiger partial charge on any atom is -0.458 e. The van der Waals surface area contributed by atoms with Crippen LogP contribution in [-0.2, 0) is 30.3 Å². The fourth-order valence-electron chi connectivity index (χ4n) is 3.15. The van der Waals surface area contributed by atoms with E-state index in [4.69, 9.17) is 18.9 Å². The highest BCUT2D eigenvalue weighted by Gasteiger charge is 2.60. The zero-order valence-electron chi connectivity index (χ0n) is 13.4. The van der Waals surface area contributed by atoms with Crippen molar-refractivity contribution in [1.29, 1.82) is 0 Å². The monoisotopic (exact) mass is 432 g/mol. The minimum atomic E-state index is -0.645. The Morgan fingerprint density at radius 2 is 1.83 bits per heavy atom. The highest BCUT2D eigenvalue weighted by Crippen LogP contribution is 2.44. The molecule has 23 heavy (non-hydrogen) atoms. The van der Waals surface area contributed by atoms with Crippen LogP contribution in [0.1, 0.15) is 26.3 Å². The van der Waals surface area contributed by atoms with Crippen molar-refractivity contribution in [3.8, 4) is 0 Å². The number of esters is 1. The van der Waals surface area contributed by atoms with E-state index >= 15 is 0 Å². The third kappa shape index (κ3) is 3.70. The second-order valence-electron chi connectivity index (χ2n) is 6.34. The van der Waals surface area contributed by atoms with Crippen LogP contribution in [0.3, 0.4) is 0 Å². The Kier molecular flexibility index (Phi) is 4.96. The fourth-order valence-corrected chi connectivity index (χ4v) is 4.26. The molecule has 0 aromatic heterocycles. The second-order valence-corrected chi connectivity index (χ2v) is 7.78. The molecule has 0 radical (unpaired) electrons. The molecule has 1 aliphatic heterocycles. The van der Waals surface area contributed by atoms with Gasteiger partial charge in [0.1, 0.15) is 24.4 Å². The van der Waals surface area contributed by atoms with Gasteiger partial charge in [0.05, 0.1) is 10.5 Å². The van der Waals surface area contributed by atoms with Gasteiger partial charge in [-0.1, -0.05) is 52.9 Å². The Hall–Kier alpha value is -0.700. The van der Waals surface area contributed by atoms with Crippen molar-refractivity contribution < 1.29 is 23.7 Å². The minimum absolute atomic E-state index is 0.0101. The Balaban J connectivity index is 1.76. The molecule has 5 atom stereocenters. The van der Waals surface area contributed by atoms with E-state index in [0.717, 1.165) is 5.56 Å². The molecular formula is C17H21IO5. The Morgan fingerprint density at radius 1 is 1.17 bits per heavy atom. The van der Waals surface area contributed by atoms with Gasteiger partial charge in [0.15, 0.2) is 5.79 Å². The highest BCUT2D eigenvalue weighted by molar-refractivity contribution is 14.1. The van der Waals surface area contributed by atoms with Crippen molar-refractivity contribution in [2.24, 2.45) is 0 Å². The average Bonchev–Trinajstić information content (AvgIpc) is 2.91. The summed E-state index contributed by atoms with van der Waals surface area (Å²) in [6, 6.07) is 9.92. The third-order valence-corrected chi connectivity index (χ3v) is 5.44. The molecule has 1 aliphatic carbocycles. The first kappa shape index (κ1) is 17.1. The first-order valence-electron chi connectivity index (χ1n) is 7.70. The number of carbonyl (C=O) groups is 1. The van der Waals surface area contributed by atoms with Crippen LogP contribution in [0, 0.1) is 0 Å². The molecule has 6 heteroatoms. The molecule has 0 spiro atoms. The Bertz CT molecular complexity index is 561. The van der Waals surface area contributed by atoms with Gasteiger partial charge >= 0.3 is 5.97 Å². The number of benzene rings is 1. The first-order chi connectivity index (χ1) is 10.9. The van der Waals surface area contributed by atoms with Crippen LogP contribution in [-0.4, -0.2) is 40.1 Å². The van der Waals surface area contributed by atoms with Gasteiger partial charge in [0.2, 0.25) is 0 Å². The predicted molar refractivity (Wildman–Crippen MR) is 92.2 cm³/mol. The van der Waals surface area contributed by atoms with E-state index in [2.05, 4.69) is 22.6 Å². The lowest BCUT2D eigenvalue weighted by molar-refractivity contribution is -0.187. The van der Waals surface area contributed by atoms with Gasteiger partial charge in [0.25, 0.3) is 0 Å². The van der Waals surface area contributed by atoms with Crippen molar-refractivity contribution in [2.45, 2.75) is 61.5 Å². The lowest BCUT2D eigenvalue weighted by atomic mass is 10.2. The summed E-state index contributed by atoms with van der Waals surface area (Å²) >= 11 is 2.27. The summed E-state index contributed by atoms with van der Waals surface area (Å²) in [5.74, 6) is -0.960. The molecule has 0 unspecified atom stereocenters. The zero-order valence-corrected chi connectivity index (χ0v) is 15.6. The van der Waals surface area contributed by atoms with Crippen molar-refractivity contribution in [1.82, 2.24) is 0 Å². The maximum Gasteiger partial charge on any atom is 0.303 e. The van der Waals surface area contributed by atoms with Gasteiger partial charge in [-0.15, -0.1) is 0 Å². The summed E-state index contributed by atoms with van der Waals surface area (Å²) in [7, 11) is 0. The van der Waals surface area contributed by atoms with E-state index in [9.17, 15) is 4.79 Å². The van der Waals surface area contributed by atoms with E-state index in [0.29, 0.717) is 6.61 Å². The molecular weight excluding hydrogens is 411 g/mol. The maximum atomic E-state index is 11.4. The number of halogens is 1. The Morgan fingerprint density at radius 3 is 2.48 bits per heavy atom. The van der Waals surface area contributed by atoms with Crippen molar-refractivity contribution in [3.05, 3.63) is 35.9 Å². The SMILES string of the molecule is CC(=O)O[C@H]1[C@H](I)[C@H]2OC(C)(C)O[C@H]2[C@@H]1OCc1ccccc1. The summed E-state index contributed by atoms with van der Waals surface area (Å²) < 4.78 is 23.6. The van der Waals surface area contributed by atoms with E-state index < -0.39 is 5.79 Å². The summed E-state index contributed by atoms with van der Waals surface area (Å²) in [6.45, 7) is 5.64. The van der Waals surface area contributed by atoms with Crippen molar-refractivity contribution in [3.63, 3.8) is 0 Å². The lowest BCUT2D eigenvalue weighted by Gasteiger charge is -2.28.